The Morgan fingerprint density at radius 1 is 1.16 bits per heavy atom. The topological polar surface area (TPSA) is 44.4 Å². The van der Waals surface area contributed by atoms with Gasteiger partial charge in [0, 0.05) is 47.7 Å². The lowest BCUT2D eigenvalue weighted by Crippen LogP contribution is -2.32. The van der Waals surface area contributed by atoms with Gasteiger partial charge in [-0.15, -0.1) is 6.42 Å². The van der Waals surface area contributed by atoms with Crippen molar-refractivity contribution in [3.8, 4) is 23.6 Å². The molecule has 0 atom stereocenters. The SMILES string of the molecule is C#C/C=c1/cc(-c2ccc(CN(CCC)CCN(C)C)nc2)[nH]/c1=C/COCC(=C)/C=C\C=C/C=C.CC. The fourth-order valence-corrected chi connectivity index (χ4v) is 3.57. The molecule has 0 saturated heterocycles. The van der Waals surface area contributed by atoms with Crippen LogP contribution in [0.1, 0.15) is 32.9 Å². The van der Waals surface area contributed by atoms with E-state index < -0.39 is 0 Å². The minimum absolute atomic E-state index is 0.443. The highest BCUT2D eigenvalue weighted by atomic mass is 16.5. The van der Waals surface area contributed by atoms with Gasteiger partial charge in [0.1, 0.15) is 0 Å². The van der Waals surface area contributed by atoms with Crippen molar-refractivity contribution >= 4 is 12.2 Å². The Bertz CT molecular complexity index is 1180. The number of hydrogen-bond donors (Lipinski definition) is 1. The molecule has 1 N–H and O–H groups in total. The standard InChI is InChI=1S/C31H40N4O.C2H6/c1-7-10-11-12-14-26(4)25-36-21-17-30-27(13-8-2)22-31(33-30)28-15-16-29(32-23-28)24-35(18-9-3)20-19-34(5)6;1-2/h2,7,10-17,22-23,33H,1,4,9,18-21,24-25H2,3,5-6H3;1-2H3/b11-10-,14-12-,27-13-,30-17+;. The molecular weight excluding hydrogens is 468 g/mol. The third-order valence-corrected chi connectivity index (χ3v) is 5.43. The first-order valence-electron chi connectivity index (χ1n) is 13.4. The smallest absolute Gasteiger partial charge is 0.0715 e. The summed E-state index contributed by atoms with van der Waals surface area (Å²) < 4.78 is 5.76. The van der Waals surface area contributed by atoms with Crippen molar-refractivity contribution < 1.29 is 4.74 Å². The molecule has 0 amide bonds. The van der Waals surface area contributed by atoms with Crippen LogP contribution in [0.25, 0.3) is 23.4 Å². The third kappa shape index (κ3) is 12.7. The molecule has 0 saturated carbocycles. The van der Waals surface area contributed by atoms with Crippen LogP contribution in [0.3, 0.4) is 0 Å². The quantitative estimate of drug-likeness (QED) is 0.208. The number of H-pyrrole nitrogens is 1. The molecule has 0 aliphatic heterocycles. The minimum atomic E-state index is 0.443. The first-order valence-corrected chi connectivity index (χ1v) is 13.4. The van der Waals surface area contributed by atoms with E-state index in [1.807, 2.05) is 50.4 Å². The largest absolute Gasteiger partial charge is 0.373 e. The van der Waals surface area contributed by atoms with Gasteiger partial charge in [0.25, 0.3) is 0 Å². The zero-order valence-electron chi connectivity index (χ0n) is 24.0. The maximum atomic E-state index is 5.76. The molecule has 0 aromatic carbocycles. The average molecular weight is 515 g/mol. The van der Waals surface area contributed by atoms with Gasteiger partial charge in [-0.3, -0.25) is 9.88 Å². The van der Waals surface area contributed by atoms with Crippen molar-refractivity contribution in [1.82, 2.24) is 19.8 Å². The summed E-state index contributed by atoms with van der Waals surface area (Å²) in [6.07, 6.45) is 21.7. The molecule has 2 aromatic heterocycles. The lowest BCUT2D eigenvalue weighted by atomic mass is 10.2. The summed E-state index contributed by atoms with van der Waals surface area (Å²) in [5, 5.41) is 1.88. The van der Waals surface area contributed by atoms with E-state index in [1.165, 1.54) is 0 Å². The molecule has 0 aliphatic rings. The molecule has 0 bridgehead atoms. The molecule has 5 heteroatoms. The molecule has 5 nitrogen and oxygen atoms in total. The molecule has 204 valence electrons. The van der Waals surface area contributed by atoms with Crippen molar-refractivity contribution in [2.75, 3.05) is 46.9 Å². The number of ether oxygens (including phenoxy) is 1. The van der Waals surface area contributed by atoms with Gasteiger partial charge in [-0.2, -0.15) is 0 Å². The Morgan fingerprint density at radius 3 is 2.58 bits per heavy atom. The summed E-state index contributed by atoms with van der Waals surface area (Å²) in [6.45, 7) is 18.7. The molecule has 2 aromatic rings. The number of rotatable bonds is 15. The van der Waals surface area contributed by atoms with Crippen molar-refractivity contribution in [3.05, 3.63) is 89.8 Å². The predicted molar refractivity (Wildman–Crippen MR) is 165 cm³/mol. The second kappa shape index (κ2) is 19.7. The van der Waals surface area contributed by atoms with Gasteiger partial charge < -0.3 is 14.6 Å². The Labute approximate surface area is 230 Å². The van der Waals surface area contributed by atoms with Crippen LogP contribution in [-0.2, 0) is 11.3 Å². The van der Waals surface area contributed by atoms with Crippen LogP contribution in [-0.4, -0.2) is 66.7 Å². The zero-order chi connectivity index (χ0) is 28.2. The third-order valence-electron chi connectivity index (χ3n) is 5.43. The summed E-state index contributed by atoms with van der Waals surface area (Å²) >= 11 is 0. The molecule has 0 unspecified atom stereocenters. The summed E-state index contributed by atoms with van der Waals surface area (Å²) in [5.41, 5.74) is 3.96. The maximum absolute atomic E-state index is 5.76. The second-order valence-electron chi connectivity index (χ2n) is 8.84. The van der Waals surface area contributed by atoms with E-state index in [4.69, 9.17) is 16.1 Å². The number of hydrogen-bond acceptors (Lipinski definition) is 4. The van der Waals surface area contributed by atoms with Crippen molar-refractivity contribution in [2.45, 2.75) is 33.7 Å². The molecule has 2 rings (SSSR count). The number of pyridine rings is 1. The number of terminal acetylenes is 1. The molecule has 0 radical (unpaired) electrons. The molecule has 0 aliphatic carbocycles. The van der Waals surface area contributed by atoms with Gasteiger partial charge >= 0.3 is 0 Å². The van der Waals surface area contributed by atoms with E-state index in [9.17, 15) is 0 Å². The first-order chi connectivity index (χ1) is 18.5. The van der Waals surface area contributed by atoms with E-state index >= 15 is 0 Å². The van der Waals surface area contributed by atoms with Gasteiger partial charge in [-0.25, -0.2) is 0 Å². The number of nitrogens with one attached hydrogen (secondary N) is 1. The number of allylic oxidation sites excluding steroid dienone is 4. The molecule has 0 spiro atoms. The van der Waals surface area contributed by atoms with Crippen molar-refractivity contribution in [3.63, 3.8) is 0 Å². The zero-order valence-corrected chi connectivity index (χ0v) is 24.0. The summed E-state index contributed by atoms with van der Waals surface area (Å²) in [4.78, 5) is 12.9. The number of aromatic nitrogens is 2. The van der Waals surface area contributed by atoms with Crippen LogP contribution in [0.15, 0.2) is 73.5 Å². The van der Waals surface area contributed by atoms with Gasteiger partial charge in [0.15, 0.2) is 0 Å². The Morgan fingerprint density at radius 2 is 1.95 bits per heavy atom. The second-order valence-corrected chi connectivity index (χ2v) is 8.84. The Hall–Kier alpha value is -3.43. The fourth-order valence-electron chi connectivity index (χ4n) is 3.57. The molecule has 38 heavy (non-hydrogen) atoms. The normalized spacial score (nSPS) is 12.4. The van der Waals surface area contributed by atoms with E-state index in [1.54, 1.807) is 12.2 Å². The average Bonchev–Trinajstić information content (AvgIpc) is 3.32. The maximum Gasteiger partial charge on any atom is 0.0715 e. The van der Waals surface area contributed by atoms with Crippen LogP contribution >= 0.6 is 0 Å². The van der Waals surface area contributed by atoms with Gasteiger partial charge in [-0.1, -0.05) is 70.2 Å². The monoisotopic (exact) mass is 514 g/mol. The highest BCUT2D eigenvalue weighted by Gasteiger charge is 2.08. The Kier molecular flexibility index (Phi) is 16.9. The van der Waals surface area contributed by atoms with E-state index in [-0.39, 0.29) is 0 Å². The highest BCUT2D eigenvalue weighted by molar-refractivity contribution is 5.60. The summed E-state index contributed by atoms with van der Waals surface area (Å²) in [7, 11) is 4.21. The van der Waals surface area contributed by atoms with Crippen LogP contribution in [0.2, 0.25) is 0 Å². The van der Waals surface area contributed by atoms with Crippen molar-refractivity contribution in [1.29, 1.82) is 0 Å². The molecule has 0 fully saturated rings. The van der Waals surface area contributed by atoms with Crippen LogP contribution in [0.4, 0.5) is 0 Å². The summed E-state index contributed by atoms with van der Waals surface area (Å²) in [5.74, 6) is 2.63. The molecular formula is C33H46N4O. The lowest BCUT2D eigenvalue weighted by Gasteiger charge is -2.23. The van der Waals surface area contributed by atoms with Crippen LogP contribution in [0.5, 0.6) is 0 Å². The minimum Gasteiger partial charge on any atom is -0.373 e. The van der Waals surface area contributed by atoms with Gasteiger partial charge in [-0.05, 0) is 63.0 Å². The van der Waals surface area contributed by atoms with E-state index in [0.717, 1.165) is 65.7 Å². The number of likely N-dealkylation sites (N-methyl/N-ethyl adjacent to an activating group) is 1. The fraction of sp³-hybridized carbons (Fsp3) is 0.364. The Balaban J connectivity index is 0.00000352. The summed E-state index contributed by atoms with van der Waals surface area (Å²) in [6, 6.07) is 6.27. The number of nitrogens with zero attached hydrogens (tertiary/aromatic N) is 3. The van der Waals surface area contributed by atoms with E-state index in [2.05, 4.69) is 73.1 Å². The lowest BCUT2D eigenvalue weighted by molar-refractivity contribution is 0.197. The van der Waals surface area contributed by atoms with Gasteiger partial charge in [0.05, 0.1) is 18.9 Å². The predicted octanol–water partition coefficient (Wildman–Crippen LogP) is 4.94. The van der Waals surface area contributed by atoms with Gasteiger partial charge in [0.2, 0.25) is 0 Å². The number of aromatic amines is 1. The van der Waals surface area contributed by atoms with E-state index in [0.29, 0.717) is 13.2 Å². The highest BCUT2D eigenvalue weighted by Crippen LogP contribution is 2.14. The van der Waals surface area contributed by atoms with Crippen molar-refractivity contribution in [2.24, 2.45) is 0 Å². The van der Waals surface area contributed by atoms with Crippen LogP contribution in [0, 0.1) is 12.3 Å². The van der Waals surface area contributed by atoms with Crippen LogP contribution < -0.4 is 10.6 Å². The molecule has 2 heterocycles. The first kappa shape index (κ1) is 32.6.